The first-order valence-electron chi connectivity index (χ1n) is 13.0. The van der Waals surface area contributed by atoms with Gasteiger partial charge in [-0.3, -0.25) is 5.32 Å². The van der Waals surface area contributed by atoms with E-state index < -0.39 is 18.8 Å². The maximum atomic E-state index is 13.5. The van der Waals surface area contributed by atoms with E-state index in [0.717, 1.165) is 42.7 Å². The minimum atomic E-state index is -4.38. The van der Waals surface area contributed by atoms with Gasteiger partial charge in [0.05, 0.1) is 23.9 Å². The molecule has 0 aliphatic carbocycles. The molecule has 0 bridgehead atoms. The van der Waals surface area contributed by atoms with Gasteiger partial charge in [0.15, 0.2) is 0 Å². The van der Waals surface area contributed by atoms with E-state index in [9.17, 15) is 18.0 Å². The molecule has 1 aliphatic heterocycles. The van der Waals surface area contributed by atoms with Crippen LogP contribution in [0.3, 0.4) is 0 Å². The molecular weight excluding hydrogens is 507 g/mol. The summed E-state index contributed by atoms with van der Waals surface area (Å²) in [4.78, 5) is 14.0. The van der Waals surface area contributed by atoms with Gasteiger partial charge in [-0.25, -0.2) is 4.79 Å². The SMILES string of the molecule is CC(C)OC(=O)Nc1ccc(NCC#Cc2cc3c(NC4CCN(C)CC4)cccc3n2CC(F)(F)F)cc1. The minimum absolute atomic E-state index is 0.221. The number of amides is 1. The average molecular weight is 542 g/mol. The lowest BCUT2D eigenvalue weighted by Gasteiger charge is -2.30. The summed E-state index contributed by atoms with van der Waals surface area (Å²) in [5.74, 6) is 5.88. The van der Waals surface area contributed by atoms with Gasteiger partial charge in [-0.15, -0.1) is 0 Å². The number of carbonyl (C=O) groups is 1. The van der Waals surface area contributed by atoms with E-state index in [0.29, 0.717) is 16.9 Å². The van der Waals surface area contributed by atoms with Crippen LogP contribution in [0.2, 0.25) is 0 Å². The number of hydrogen-bond donors (Lipinski definition) is 3. The van der Waals surface area contributed by atoms with Crippen molar-refractivity contribution in [1.82, 2.24) is 9.47 Å². The van der Waals surface area contributed by atoms with Gasteiger partial charge in [-0.2, -0.15) is 13.2 Å². The second kappa shape index (κ2) is 12.3. The zero-order chi connectivity index (χ0) is 28.0. The van der Waals surface area contributed by atoms with Crippen molar-refractivity contribution in [3.63, 3.8) is 0 Å². The lowest BCUT2D eigenvalue weighted by molar-refractivity contribution is -0.140. The van der Waals surface area contributed by atoms with Crippen LogP contribution in [-0.4, -0.2) is 60.6 Å². The summed E-state index contributed by atoms with van der Waals surface area (Å²) in [7, 11) is 2.09. The predicted molar refractivity (Wildman–Crippen MR) is 149 cm³/mol. The van der Waals surface area contributed by atoms with Gasteiger partial charge >= 0.3 is 12.3 Å². The van der Waals surface area contributed by atoms with Crippen LogP contribution in [-0.2, 0) is 11.3 Å². The minimum Gasteiger partial charge on any atom is -0.447 e. The molecule has 0 saturated carbocycles. The predicted octanol–water partition coefficient (Wildman–Crippen LogP) is 6.13. The number of nitrogens with zero attached hydrogens (tertiary/aromatic N) is 2. The Kier molecular flexibility index (Phi) is 8.92. The van der Waals surface area contributed by atoms with Crippen molar-refractivity contribution < 1.29 is 22.7 Å². The standard InChI is InChI=1S/C29H34F3N5O2/c1-20(2)39-28(38)35-22-11-9-21(10-12-22)33-15-5-6-24-18-25-26(34-23-13-16-36(3)17-14-23)7-4-8-27(25)37(24)19-29(30,31)32/h4,7-12,18,20,23,33-34H,13-17,19H2,1-3H3,(H,35,38). The van der Waals surface area contributed by atoms with E-state index in [1.54, 1.807) is 56.3 Å². The van der Waals surface area contributed by atoms with Crippen LogP contribution in [0.5, 0.6) is 0 Å². The Morgan fingerprint density at radius 1 is 1.10 bits per heavy atom. The Balaban J connectivity index is 1.47. The second-order valence-corrected chi connectivity index (χ2v) is 10.0. The maximum Gasteiger partial charge on any atom is 0.411 e. The number of carbonyl (C=O) groups excluding carboxylic acids is 1. The molecular formula is C29H34F3N5O2. The van der Waals surface area contributed by atoms with Crippen molar-refractivity contribution in [1.29, 1.82) is 0 Å². The molecule has 1 saturated heterocycles. The van der Waals surface area contributed by atoms with Crippen LogP contribution in [0.1, 0.15) is 32.4 Å². The number of hydrogen-bond acceptors (Lipinski definition) is 5. The number of aromatic nitrogens is 1. The molecule has 1 aliphatic rings. The zero-order valence-electron chi connectivity index (χ0n) is 22.4. The lowest BCUT2D eigenvalue weighted by Crippen LogP contribution is -2.36. The van der Waals surface area contributed by atoms with Gasteiger partial charge in [0.2, 0.25) is 0 Å². The Morgan fingerprint density at radius 3 is 2.46 bits per heavy atom. The summed E-state index contributed by atoms with van der Waals surface area (Å²) < 4.78 is 46.7. The number of anilines is 3. The first-order valence-corrected chi connectivity index (χ1v) is 13.0. The van der Waals surface area contributed by atoms with Crippen molar-refractivity contribution in [2.24, 2.45) is 0 Å². The fourth-order valence-corrected chi connectivity index (χ4v) is 4.55. The summed E-state index contributed by atoms with van der Waals surface area (Å²) in [6.07, 6.45) is -3.17. The zero-order valence-corrected chi connectivity index (χ0v) is 22.4. The Bertz CT molecular complexity index is 1330. The van der Waals surface area contributed by atoms with E-state index in [4.69, 9.17) is 4.74 Å². The molecule has 1 amide bonds. The van der Waals surface area contributed by atoms with E-state index in [2.05, 4.69) is 39.7 Å². The highest BCUT2D eigenvalue weighted by atomic mass is 19.4. The van der Waals surface area contributed by atoms with Crippen molar-refractivity contribution in [2.75, 3.05) is 42.6 Å². The number of piperidine rings is 1. The van der Waals surface area contributed by atoms with Crippen LogP contribution < -0.4 is 16.0 Å². The smallest absolute Gasteiger partial charge is 0.411 e. The largest absolute Gasteiger partial charge is 0.447 e. The van der Waals surface area contributed by atoms with E-state index in [1.807, 2.05) is 6.07 Å². The molecule has 39 heavy (non-hydrogen) atoms. The van der Waals surface area contributed by atoms with E-state index in [-0.39, 0.29) is 18.7 Å². The Hall–Kier alpha value is -3.84. The highest BCUT2D eigenvalue weighted by Crippen LogP contribution is 2.31. The fraction of sp³-hybridized carbons (Fsp3) is 0.414. The van der Waals surface area contributed by atoms with Crippen LogP contribution in [0.4, 0.5) is 35.0 Å². The highest BCUT2D eigenvalue weighted by molar-refractivity contribution is 5.94. The number of benzene rings is 2. The topological polar surface area (TPSA) is 70.6 Å². The van der Waals surface area contributed by atoms with Crippen molar-refractivity contribution >= 4 is 34.1 Å². The molecule has 1 aromatic heterocycles. The molecule has 0 radical (unpaired) electrons. The summed E-state index contributed by atoms with van der Waals surface area (Å²) in [5, 5.41) is 10.1. The monoisotopic (exact) mass is 541 g/mol. The van der Waals surface area contributed by atoms with Gasteiger partial charge in [0.25, 0.3) is 0 Å². The van der Waals surface area contributed by atoms with Gasteiger partial charge in [-0.1, -0.05) is 12.0 Å². The summed E-state index contributed by atoms with van der Waals surface area (Å²) in [6, 6.07) is 14.4. The molecule has 4 rings (SSSR count). The van der Waals surface area contributed by atoms with Crippen molar-refractivity contribution in [3.8, 4) is 11.8 Å². The summed E-state index contributed by atoms with van der Waals surface area (Å²) in [5.41, 5.74) is 2.98. The van der Waals surface area contributed by atoms with E-state index in [1.165, 1.54) is 4.57 Å². The molecule has 10 heteroatoms. The quantitative estimate of drug-likeness (QED) is 0.314. The molecule has 0 unspecified atom stereocenters. The molecule has 3 N–H and O–H groups in total. The number of nitrogens with one attached hydrogen (secondary N) is 3. The van der Waals surface area contributed by atoms with Crippen LogP contribution in [0.25, 0.3) is 10.9 Å². The third-order valence-corrected chi connectivity index (χ3v) is 6.43. The van der Waals surface area contributed by atoms with Gasteiger partial charge < -0.3 is 24.8 Å². The number of fused-ring (bicyclic) bond motifs is 1. The lowest BCUT2D eigenvalue weighted by atomic mass is 10.0. The van der Waals surface area contributed by atoms with E-state index >= 15 is 0 Å². The first-order chi connectivity index (χ1) is 18.6. The molecule has 7 nitrogen and oxygen atoms in total. The number of likely N-dealkylation sites (tertiary alicyclic amines) is 1. The van der Waals surface area contributed by atoms with Crippen molar-refractivity contribution in [3.05, 3.63) is 54.2 Å². The number of alkyl halides is 3. The second-order valence-electron chi connectivity index (χ2n) is 10.0. The third-order valence-electron chi connectivity index (χ3n) is 6.43. The van der Waals surface area contributed by atoms with Gasteiger partial charge in [0, 0.05) is 28.5 Å². The summed E-state index contributed by atoms with van der Waals surface area (Å²) in [6.45, 7) is 4.62. The molecule has 2 heterocycles. The average Bonchev–Trinajstić information content (AvgIpc) is 3.20. The molecule has 0 spiro atoms. The molecule has 0 atom stereocenters. The van der Waals surface area contributed by atoms with Crippen LogP contribution in [0.15, 0.2) is 48.5 Å². The van der Waals surface area contributed by atoms with Gasteiger partial charge in [0.1, 0.15) is 6.54 Å². The number of rotatable bonds is 7. The maximum absolute atomic E-state index is 13.5. The molecule has 3 aromatic rings. The van der Waals surface area contributed by atoms with Crippen molar-refractivity contribution in [2.45, 2.75) is 51.6 Å². The third kappa shape index (κ3) is 8.07. The first kappa shape index (κ1) is 28.2. The number of ether oxygens (including phenoxy) is 1. The van der Waals surface area contributed by atoms with Crippen LogP contribution >= 0.6 is 0 Å². The summed E-state index contributed by atoms with van der Waals surface area (Å²) >= 11 is 0. The molecule has 1 fully saturated rings. The number of halogens is 3. The van der Waals surface area contributed by atoms with Crippen LogP contribution in [0, 0.1) is 11.8 Å². The fourth-order valence-electron chi connectivity index (χ4n) is 4.55. The highest BCUT2D eigenvalue weighted by Gasteiger charge is 2.30. The van der Waals surface area contributed by atoms with Gasteiger partial charge in [-0.05, 0) is 95.2 Å². The normalized spacial score (nSPS) is 14.6. The molecule has 208 valence electrons. The molecule has 2 aromatic carbocycles. The Labute approximate surface area is 226 Å². The Morgan fingerprint density at radius 2 is 1.79 bits per heavy atom.